The number of carbonyl (C=O) groups excluding carboxylic acids is 1. The zero-order valence-corrected chi connectivity index (χ0v) is 14.9. The summed E-state index contributed by atoms with van der Waals surface area (Å²) < 4.78 is 6.81. The first-order chi connectivity index (χ1) is 12.1. The Morgan fingerprint density at radius 1 is 1.40 bits per heavy atom. The molecule has 1 saturated carbocycles. The van der Waals surface area contributed by atoms with Gasteiger partial charge in [0, 0.05) is 44.9 Å². The predicted molar refractivity (Wildman–Crippen MR) is 89.9 cm³/mol. The first-order valence-electron chi connectivity index (χ1n) is 8.76. The second kappa shape index (κ2) is 6.25. The Morgan fingerprint density at radius 2 is 2.20 bits per heavy atom. The number of nitrogens with one attached hydrogen (secondary N) is 1. The topological polar surface area (TPSA) is 88.9 Å². The molecule has 0 aromatic carbocycles. The molecule has 0 bridgehead atoms. The highest BCUT2D eigenvalue weighted by molar-refractivity contribution is 5.93. The van der Waals surface area contributed by atoms with Crippen LogP contribution in [0.2, 0.25) is 0 Å². The fourth-order valence-electron chi connectivity index (χ4n) is 3.92. The molecule has 2 aromatic rings. The van der Waals surface area contributed by atoms with Gasteiger partial charge in [0.25, 0.3) is 5.91 Å². The number of rotatable bonds is 5. The fraction of sp³-hybridized carbons (Fsp3) is 0.647. The van der Waals surface area contributed by atoms with Crippen molar-refractivity contribution in [3.63, 3.8) is 0 Å². The average Bonchev–Trinajstić information content (AvgIpc) is 3.01. The molecule has 25 heavy (non-hydrogen) atoms. The van der Waals surface area contributed by atoms with Gasteiger partial charge in [-0.1, -0.05) is 0 Å². The van der Waals surface area contributed by atoms with Crippen molar-refractivity contribution < 1.29 is 9.53 Å². The number of aromatic nitrogens is 5. The summed E-state index contributed by atoms with van der Waals surface area (Å²) in [5.74, 6) is 2.84. The first-order valence-corrected chi connectivity index (χ1v) is 8.76. The van der Waals surface area contributed by atoms with Crippen LogP contribution in [0.5, 0.6) is 0 Å². The zero-order valence-electron chi connectivity index (χ0n) is 14.9. The molecule has 0 unspecified atom stereocenters. The van der Waals surface area contributed by atoms with Gasteiger partial charge in [0.2, 0.25) is 0 Å². The fourth-order valence-corrected chi connectivity index (χ4v) is 3.92. The predicted octanol–water partition coefficient (Wildman–Crippen LogP) is 1.26. The Bertz CT molecular complexity index is 778. The van der Waals surface area contributed by atoms with Gasteiger partial charge in [-0.2, -0.15) is 10.2 Å². The molecule has 1 aliphatic heterocycles. The van der Waals surface area contributed by atoms with Gasteiger partial charge in [0.1, 0.15) is 6.61 Å². The number of hydrogen-bond donors (Lipinski definition) is 1. The number of aromatic amines is 1. The summed E-state index contributed by atoms with van der Waals surface area (Å²) in [6.07, 6.45) is 4.35. The molecule has 2 aromatic heterocycles. The summed E-state index contributed by atoms with van der Waals surface area (Å²) in [7, 11) is 3.48. The standard InChI is InChI=1S/C17H24N6O2/c1-10-6-22(2)21-15(10)17(24)23-7-12(11-4-5-11)13(8-23)16-18-14(9-25-3)19-20-16/h6,11-13H,4-5,7-9H2,1-3H3,(H,18,19,20)/t12-,13+/m1/s1. The van der Waals surface area contributed by atoms with Gasteiger partial charge in [0.15, 0.2) is 17.3 Å². The summed E-state index contributed by atoms with van der Waals surface area (Å²) in [6.45, 7) is 3.76. The van der Waals surface area contributed by atoms with Crippen molar-refractivity contribution in [1.82, 2.24) is 29.9 Å². The third kappa shape index (κ3) is 3.06. The smallest absolute Gasteiger partial charge is 0.274 e. The minimum absolute atomic E-state index is 0.0129. The molecule has 1 aliphatic carbocycles. The van der Waals surface area contributed by atoms with Crippen molar-refractivity contribution in [2.24, 2.45) is 18.9 Å². The first kappa shape index (κ1) is 16.3. The summed E-state index contributed by atoms with van der Waals surface area (Å²) in [5.41, 5.74) is 1.46. The Balaban J connectivity index is 1.56. The maximum Gasteiger partial charge on any atom is 0.274 e. The molecule has 0 spiro atoms. The van der Waals surface area contributed by atoms with Gasteiger partial charge in [-0.25, -0.2) is 4.98 Å². The van der Waals surface area contributed by atoms with Gasteiger partial charge < -0.3 is 9.64 Å². The van der Waals surface area contributed by atoms with Crippen LogP contribution in [0.15, 0.2) is 6.20 Å². The van der Waals surface area contributed by atoms with E-state index in [-0.39, 0.29) is 11.8 Å². The molecule has 2 aliphatic rings. The largest absolute Gasteiger partial charge is 0.377 e. The molecule has 8 heteroatoms. The minimum Gasteiger partial charge on any atom is -0.377 e. The molecule has 4 rings (SSSR count). The summed E-state index contributed by atoms with van der Waals surface area (Å²) >= 11 is 0. The van der Waals surface area contributed by atoms with E-state index in [1.807, 2.05) is 25.1 Å². The number of ether oxygens (including phenoxy) is 1. The minimum atomic E-state index is 0.0129. The van der Waals surface area contributed by atoms with Gasteiger partial charge in [-0.3, -0.25) is 14.6 Å². The number of aryl methyl sites for hydroxylation is 2. The van der Waals surface area contributed by atoms with Crippen LogP contribution >= 0.6 is 0 Å². The lowest BCUT2D eigenvalue weighted by atomic mass is 9.91. The molecule has 0 radical (unpaired) electrons. The molecule has 1 amide bonds. The summed E-state index contributed by atoms with van der Waals surface area (Å²) in [6, 6.07) is 0. The van der Waals surface area contributed by atoms with E-state index in [9.17, 15) is 4.79 Å². The molecular weight excluding hydrogens is 320 g/mol. The van der Waals surface area contributed by atoms with Crippen LogP contribution in [-0.4, -0.2) is 56.0 Å². The molecule has 3 heterocycles. The molecule has 2 fully saturated rings. The SMILES string of the molecule is COCc1nc([C@H]2CN(C(=O)c3nn(C)cc3C)C[C@@H]2C2CC2)n[nH]1. The van der Waals surface area contributed by atoms with Crippen LogP contribution in [0.3, 0.4) is 0 Å². The molecule has 1 saturated heterocycles. The Labute approximate surface area is 146 Å². The summed E-state index contributed by atoms with van der Waals surface area (Å²) in [5, 5.41) is 11.7. The number of carbonyl (C=O) groups is 1. The third-order valence-corrected chi connectivity index (χ3v) is 5.26. The number of hydrogen-bond acceptors (Lipinski definition) is 5. The third-order valence-electron chi connectivity index (χ3n) is 5.26. The van der Waals surface area contributed by atoms with E-state index in [0.29, 0.717) is 30.7 Å². The molecular formula is C17H24N6O2. The van der Waals surface area contributed by atoms with E-state index >= 15 is 0 Å². The highest BCUT2D eigenvalue weighted by Gasteiger charge is 2.46. The van der Waals surface area contributed by atoms with Crippen molar-refractivity contribution in [1.29, 1.82) is 0 Å². The quantitative estimate of drug-likeness (QED) is 0.882. The average molecular weight is 344 g/mol. The Morgan fingerprint density at radius 3 is 2.84 bits per heavy atom. The molecule has 134 valence electrons. The van der Waals surface area contributed by atoms with E-state index < -0.39 is 0 Å². The van der Waals surface area contributed by atoms with E-state index in [1.165, 1.54) is 12.8 Å². The highest BCUT2D eigenvalue weighted by Crippen LogP contribution is 2.47. The van der Waals surface area contributed by atoms with Gasteiger partial charge in [-0.15, -0.1) is 0 Å². The zero-order chi connectivity index (χ0) is 17.6. The van der Waals surface area contributed by atoms with Crippen LogP contribution in [0.1, 0.15) is 46.5 Å². The van der Waals surface area contributed by atoms with E-state index in [4.69, 9.17) is 4.74 Å². The van der Waals surface area contributed by atoms with Crippen molar-refractivity contribution >= 4 is 5.91 Å². The van der Waals surface area contributed by atoms with Crippen molar-refractivity contribution in [2.75, 3.05) is 20.2 Å². The number of likely N-dealkylation sites (tertiary alicyclic amines) is 1. The Kier molecular flexibility index (Phi) is 4.07. The van der Waals surface area contributed by atoms with Gasteiger partial charge in [-0.05, 0) is 31.6 Å². The van der Waals surface area contributed by atoms with Crippen molar-refractivity contribution in [2.45, 2.75) is 32.3 Å². The van der Waals surface area contributed by atoms with Crippen LogP contribution in [0, 0.1) is 18.8 Å². The second-order valence-electron chi connectivity index (χ2n) is 7.23. The van der Waals surface area contributed by atoms with Gasteiger partial charge in [0.05, 0.1) is 0 Å². The maximum atomic E-state index is 12.9. The number of H-pyrrole nitrogens is 1. The number of nitrogens with zero attached hydrogens (tertiary/aromatic N) is 5. The molecule has 2 atom stereocenters. The van der Waals surface area contributed by atoms with Crippen molar-refractivity contribution in [3.05, 3.63) is 29.1 Å². The Hall–Kier alpha value is -2.22. The lowest BCUT2D eigenvalue weighted by molar-refractivity contribution is 0.0777. The van der Waals surface area contributed by atoms with Crippen molar-refractivity contribution in [3.8, 4) is 0 Å². The number of methoxy groups -OCH3 is 1. The van der Waals surface area contributed by atoms with E-state index in [1.54, 1.807) is 11.8 Å². The van der Waals surface area contributed by atoms with Crippen LogP contribution in [-0.2, 0) is 18.4 Å². The van der Waals surface area contributed by atoms with E-state index in [0.717, 1.165) is 23.8 Å². The highest BCUT2D eigenvalue weighted by atomic mass is 16.5. The molecule has 8 nitrogen and oxygen atoms in total. The lowest BCUT2D eigenvalue weighted by Crippen LogP contribution is -2.30. The molecule has 1 N–H and O–H groups in total. The summed E-state index contributed by atoms with van der Waals surface area (Å²) in [4.78, 5) is 19.4. The lowest BCUT2D eigenvalue weighted by Gasteiger charge is -2.15. The maximum absolute atomic E-state index is 12.9. The monoisotopic (exact) mass is 344 g/mol. The van der Waals surface area contributed by atoms with Crippen LogP contribution in [0.25, 0.3) is 0 Å². The van der Waals surface area contributed by atoms with Crippen LogP contribution < -0.4 is 0 Å². The normalized spacial score (nSPS) is 23.4. The number of amides is 1. The van der Waals surface area contributed by atoms with Gasteiger partial charge >= 0.3 is 0 Å². The van der Waals surface area contributed by atoms with Crippen LogP contribution in [0.4, 0.5) is 0 Å². The second-order valence-corrected chi connectivity index (χ2v) is 7.23. The van der Waals surface area contributed by atoms with E-state index in [2.05, 4.69) is 20.3 Å².